The number of carboxylic acid groups (broad SMARTS) is 1. The summed E-state index contributed by atoms with van der Waals surface area (Å²) in [4.78, 5) is 21.3. The van der Waals surface area contributed by atoms with Gasteiger partial charge in [0.25, 0.3) is 0 Å². The van der Waals surface area contributed by atoms with Gasteiger partial charge in [0, 0.05) is 16.2 Å². The predicted octanol–water partition coefficient (Wildman–Crippen LogP) is -5.74. The van der Waals surface area contributed by atoms with E-state index in [2.05, 4.69) is 51.5 Å². The molecule has 0 aromatic carbocycles. The zero-order valence-electron chi connectivity index (χ0n) is 17.3. The average Bonchev–Trinajstić information content (AvgIpc) is 2.81. The van der Waals surface area contributed by atoms with Crippen LogP contribution in [0.4, 0.5) is 0 Å². The molecule has 0 aliphatic carbocycles. The summed E-state index contributed by atoms with van der Waals surface area (Å²) in [6.07, 6.45) is 1.75. The molecular weight excluding hydrogens is 430 g/mol. The third-order valence-electron chi connectivity index (χ3n) is 5.15. The van der Waals surface area contributed by atoms with Gasteiger partial charge in [0.05, 0.1) is 17.4 Å². The molecule has 0 N–H and O–H groups in total. The molecular formula is C18H31Cl3N2O2Ti. The molecule has 1 aliphatic heterocycles. The van der Waals surface area contributed by atoms with Crippen LogP contribution in [0, 0.1) is 16.2 Å². The van der Waals surface area contributed by atoms with E-state index in [4.69, 9.17) is 0 Å². The van der Waals surface area contributed by atoms with Gasteiger partial charge < -0.3 is 47.1 Å². The van der Waals surface area contributed by atoms with Gasteiger partial charge in [-0.15, -0.1) is 0 Å². The Kier molecular flexibility index (Phi) is 14.1. The van der Waals surface area contributed by atoms with Crippen LogP contribution in [-0.2, 0) is 26.5 Å². The van der Waals surface area contributed by atoms with Gasteiger partial charge in [0.1, 0.15) is 0 Å². The van der Waals surface area contributed by atoms with Crippen LogP contribution in [-0.4, -0.2) is 23.1 Å². The van der Waals surface area contributed by atoms with Crippen molar-refractivity contribution in [2.24, 2.45) is 26.2 Å². The summed E-state index contributed by atoms with van der Waals surface area (Å²) in [7, 11) is 0. The molecule has 0 saturated carbocycles. The number of hydrogen-bond donors (Lipinski definition) is 0. The quantitative estimate of drug-likeness (QED) is 0.383. The van der Waals surface area contributed by atoms with Crippen LogP contribution < -0.4 is 42.3 Å². The van der Waals surface area contributed by atoms with Gasteiger partial charge in [-0.3, -0.25) is 9.98 Å². The van der Waals surface area contributed by atoms with Crippen molar-refractivity contribution >= 4 is 17.4 Å². The first-order valence-corrected chi connectivity index (χ1v) is 8.17. The van der Waals surface area contributed by atoms with Crippen LogP contribution in [0.5, 0.6) is 0 Å². The zero-order valence-corrected chi connectivity index (χ0v) is 21.1. The van der Waals surface area contributed by atoms with Crippen molar-refractivity contribution in [3.63, 3.8) is 0 Å². The normalized spacial score (nSPS) is 16.0. The first-order chi connectivity index (χ1) is 9.75. The van der Waals surface area contributed by atoms with Crippen molar-refractivity contribution in [3.05, 3.63) is 0 Å². The molecule has 0 bridgehead atoms. The van der Waals surface area contributed by atoms with Crippen LogP contribution in [0.25, 0.3) is 0 Å². The number of nitrogens with zero attached hydrogens (tertiary/aromatic N) is 2. The van der Waals surface area contributed by atoms with Gasteiger partial charge in [-0.25, -0.2) is 0 Å². The molecule has 0 radical (unpaired) electrons. The number of aliphatic carboxylic acids is 1. The monoisotopic (exact) mass is 460 g/mol. The molecule has 1 rings (SSSR count). The number of halogens is 3. The van der Waals surface area contributed by atoms with Crippen LogP contribution in [0.2, 0.25) is 0 Å². The van der Waals surface area contributed by atoms with E-state index in [0.29, 0.717) is 0 Å². The van der Waals surface area contributed by atoms with E-state index >= 15 is 0 Å². The molecule has 1 aliphatic rings. The van der Waals surface area contributed by atoms with Gasteiger partial charge >= 0.3 is 21.7 Å². The topological polar surface area (TPSA) is 64.8 Å². The maximum Gasteiger partial charge on any atom is 4.00 e. The number of hydrogen-bond acceptors (Lipinski definition) is 4. The molecule has 1 heterocycles. The summed E-state index contributed by atoms with van der Waals surface area (Å²) < 4.78 is 0. The Morgan fingerprint density at radius 1 is 0.846 bits per heavy atom. The van der Waals surface area contributed by atoms with Gasteiger partial charge in [0.2, 0.25) is 0 Å². The predicted molar refractivity (Wildman–Crippen MR) is 90.2 cm³/mol. The molecule has 0 unspecified atom stereocenters. The maximum absolute atomic E-state index is 12.0. The summed E-state index contributed by atoms with van der Waals surface area (Å²) in [5, 5.41) is 12.0. The Balaban J connectivity index is -0.000000605. The summed E-state index contributed by atoms with van der Waals surface area (Å²) >= 11 is 0. The standard InChI is InChI=1S/C18H32N2O2.3ClH.Ti/c1-10-16(6,7)12-13(17(8,9)11-2)20-18(19-12,14(21)22)15(3,4)5;;;;/h10-11H2,1-9H3,(H,21,22);3*1H;/q;;;;+4/p-4. The fourth-order valence-electron chi connectivity index (χ4n) is 2.47. The molecule has 0 saturated heterocycles. The van der Waals surface area contributed by atoms with E-state index in [0.717, 1.165) is 24.3 Å². The average molecular weight is 462 g/mol. The zero-order chi connectivity index (χ0) is 17.6. The Labute approximate surface area is 192 Å². The number of carbonyl (C=O) groups excluding carboxylic acids is 1. The van der Waals surface area contributed by atoms with Gasteiger partial charge in [-0.05, 0) is 12.8 Å². The van der Waals surface area contributed by atoms with Crippen molar-refractivity contribution in [2.45, 2.75) is 80.8 Å². The number of aliphatic imine (C=N–C) groups is 2. The van der Waals surface area contributed by atoms with Crippen LogP contribution >= 0.6 is 0 Å². The second-order valence-corrected chi connectivity index (χ2v) is 8.61. The van der Waals surface area contributed by atoms with Crippen LogP contribution in [0.3, 0.4) is 0 Å². The fraction of sp³-hybridized carbons (Fsp3) is 0.833. The minimum Gasteiger partial charge on any atom is -1.00 e. The molecule has 150 valence electrons. The van der Waals surface area contributed by atoms with E-state index < -0.39 is 17.0 Å². The summed E-state index contributed by atoms with van der Waals surface area (Å²) in [5.74, 6) is -1.22. The second-order valence-electron chi connectivity index (χ2n) is 8.61. The molecule has 0 amide bonds. The fourth-order valence-corrected chi connectivity index (χ4v) is 2.47. The molecule has 0 fully saturated rings. The van der Waals surface area contributed by atoms with Crippen LogP contribution in [0.1, 0.15) is 75.2 Å². The first-order valence-electron chi connectivity index (χ1n) is 8.17. The number of carboxylic acids is 1. The van der Waals surface area contributed by atoms with Gasteiger partial charge in [-0.2, -0.15) is 0 Å². The smallest absolute Gasteiger partial charge is 1.00 e. The number of rotatable bonds is 5. The first kappa shape index (κ1) is 33.9. The van der Waals surface area contributed by atoms with Crippen molar-refractivity contribution in [1.82, 2.24) is 0 Å². The van der Waals surface area contributed by atoms with Crippen molar-refractivity contribution < 1.29 is 68.8 Å². The van der Waals surface area contributed by atoms with Crippen molar-refractivity contribution in [2.75, 3.05) is 0 Å². The minimum absolute atomic E-state index is 0. The Morgan fingerprint density at radius 2 is 1.12 bits per heavy atom. The van der Waals surface area contributed by atoms with E-state index in [1.54, 1.807) is 0 Å². The SMILES string of the molecule is CCC(C)(C)C1=NC(C(=O)[O-])(C(C)(C)C)N=C1C(C)(C)CC.[Cl-].[Cl-].[Cl-].[Ti+4]. The third kappa shape index (κ3) is 5.94. The van der Waals surface area contributed by atoms with E-state index in [1.165, 1.54) is 0 Å². The van der Waals surface area contributed by atoms with Crippen molar-refractivity contribution in [1.29, 1.82) is 0 Å². The summed E-state index contributed by atoms with van der Waals surface area (Å²) in [5.41, 5.74) is -0.966. The minimum atomic E-state index is -1.53. The van der Waals surface area contributed by atoms with Crippen LogP contribution in [0.15, 0.2) is 9.98 Å². The molecule has 8 heteroatoms. The largest absolute Gasteiger partial charge is 4.00 e. The molecule has 0 aromatic heterocycles. The molecule has 4 nitrogen and oxygen atoms in total. The van der Waals surface area contributed by atoms with Crippen molar-refractivity contribution in [3.8, 4) is 0 Å². The second kappa shape index (κ2) is 10.8. The molecule has 26 heavy (non-hydrogen) atoms. The van der Waals surface area contributed by atoms with E-state index in [1.807, 2.05) is 20.8 Å². The number of carbonyl (C=O) groups is 1. The Morgan fingerprint density at radius 3 is 1.27 bits per heavy atom. The molecule has 0 atom stereocenters. The summed E-state index contributed by atoms with van der Waals surface area (Å²) in [6.45, 7) is 18.1. The Hall–Kier alpha value is 0.394. The van der Waals surface area contributed by atoms with Gasteiger partial charge in [-0.1, -0.05) is 62.3 Å². The Bertz CT molecular complexity index is 507. The third-order valence-corrected chi connectivity index (χ3v) is 5.15. The van der Waals surface area contributed by atoms with E-state index in [9.17, 15) is 9.90 Å². The van der Waals surface area contributed by atoms with E-state index in [-0.39, 0.29) is 69.8 Å². The maximum atomic E-state index is 12.0. The molecule has 0 aromatic rings. The molecule has 0 spiro atoms. The summed E-state index contributed by atoms with van der Waals surface area (Å²) in [6, 6.07) is 0. The van der Waals surface area contributed by atoms with Gasteiger partial charge in [0.15, 0.2) is 5.66 Å².